The normalized spacial score (nSPS) is 12.3. The van der Waals surface area contributed by atoms with E-state index in [4.69, 9.17) is 4.74 Å². The second kappa shape index (κ2) is 6.85. The molecule has 0 N–H and O–H groups in total. The third-order valence-electron chi connectivity index (χ3n) is 2.72. The minimum atomic E-state index is -0.0751. The molecule has 0 unspecified atom stereocenters. The number of aryl methyl sites for hydroxylation is 1. The first-order chi connectivity index (χ1) is 8.51. The molecular weight excluding hydrogens is 296 g/mol. The standard InChI is InChI=1S/C13H19BrN2O2/c1-5-16(10(3)8-18-4)13(17)12-11(14)6-9(2)7-15-12/h6-7,10H,5,8H2,1-4H3/t10-/m0/s1. The molecule has 5 heteroatoms. The Morgan fingerprint density at radius 3 is 2.78 bits per heavy atom. The number of nitrogens with zero attached hydrogens (tertiary/aromatic N) is 2. The van der Waals surface area contributed by atoms with Gasteiger partial charge in [0.15, 0.2) is 0 Å². The highest BCUT2D eigenvalue weighted by Crippen LogP contribution is 2.18. The first-order valence-electron chi connectivity index (χ1n) is 5.93. The molecule has 0 saturated carbocycles. The molecule has 0 radical (unpaired) electrons. The molecule has 100 valence electrons. The third-order valence-corrected chi connectivity index (χ3v) is 3.33. The van der Waals surface area contributed by atoms with Gasteiger partial charge in [-0.3, -0.25) is 4.79 Å². The van der Waals surface area contributed by atoms with Gasteiger partial charge in [0, 0.05) is 24.3 Å². The summed E-state index contributed by atoms with van der Waals surface area (Å²) in [7, 11) is 1.63. The lowest BCUT2D eigenvalue weighted by Crippen LogP contribution is -2.41. The van der Waals surface area contributed by atoms with E-state index in [0.29, 0.717) is 18.8 Å². The van der Waals surface area contributed by atoms with Crippen molar-refractivity contribution in [1.82, 2.24) is 9.88 Å². The number of amides is 1. The zero-order valence-corrected chi connectivity index (χ0v) is 12.8. The van der Waals surface area contributed by atoms with Crippen LogP contribution in [0.15, 0.2) is 16.7 Å². The molecule has 0 fully saturated rings. The smallest absolute Gasteiger partial charge is 0.273 e. The number of methoxy groups -OCH3 is 1. The maximum atomic E-state index is 12.4. The zero-order valence-electron chi connectivity index (χ0n) is 11.2. The van der Waals surface area contributed by atoms with Gasteiger partial charge in [0.2, 0.25) is 0 Å². The zero-order chi connectivity index (χ0) is 13.7. The van der Waals surface area contributed by atoms with E-state index in [1.807, 2.05) is 26.8 Å². The SMILES string of the molecule is CCN(C(=O)c1ncc(C)cc1Br)[C@@H](C)COC. The van der Waals surface area contributed by atoms with Gasteiger partial charge in [-0.15, -0.1) is 0 Å². The van der Waals surface area contributed by atoms with Crippen LogP contribution in [0.25, 0.3) is 0 Å². The van der Waals surface area contributed by atoms with Crippen LogP contribution in [0.1, 0.15) is 29.9 Å². The summed E-state index contributed by atoms with van der Waals surface area (Å²) in [5.41, 5.74) is 1.47. The van der Waals surface area contributed by atoms with Gasteiger partial charge in [-0.2, -0.15) is 0 Å². The number of rotatable bonds is 5. The monoisotopic (exact) mass is 314 g/mol. The van der Waals surface area contributed by atoms with Crippen molar-refractivity contribution in [2.24, 2.45) is 0 Å². The molecular formula is C13H19BrN2O2. The van der Waals surface area contributed by atoms with Gasteiger partial charge in [-0.1, -0.05) is 0 Å². The predicted molar refractivity (Wildman–Crippen MR) is 74.7 cm³/mol. The van der Waals surface area contributed by atoms with E-state index in [9.17, 15) is 4.79 Å². The van der Waals surface area contributed by atoms with Gasteiger partial charge in [-0.25, -0.2) is 4.98 Å². The minimum absolute atomic E-state index is 0.0301. The van der Waals surface area contributed by atoms with E-state index in [1.54, 1.807) is 18.2 Å². The number of hydrogen-bond acceptors (Lipinski definition) is 3. The van der Waals surface area contributed by atoms with Gasteiger partial charge >= 0.3 is 0 Å². The molecule has 1 heterocycles. The second-order valence-corrected chi connectivity index (χ2v) is 5.09. The lowest BCUT2D eigenvalue weighted by atomic mass is 10.2. The summed E-state index contributed by atoms with van der Waals surface area (Å²) in [5.74, 6) is -0.0751. The Labute approximate surface area is 116 Å². The summed E-state index contributed by atoms with van der Waals surface area (Å²) >= 11 is 3.39. The number of ether oxygens (including phenoxy) is 1. The minimum Gasteiger partial charge on any atom is -0.383 e. The molecule has 1 atom stereocenters. The first kappa shape index (κ1) is 15.1. The fraction of sp³-hybridized carbons (Fsp3) is 0.538. The van der Waals surface area contributed by atoms with Crippen LogP contribution in [-0.4, -0.2) is 42.1 Å². The quantitative estimate of drug-likeness (QED) is 0.839. The van der Waals surface area contributed by atoms with Crippen molar-refractivity contribution < 1.29 is 9.53 Å². The fourth-order valence-corrected chi connectivity index (χ4v) is 2.45. The van der Waals surface area contributed by atoms with Crippen LogP contribution in [0.5, 0.6) is 0 Å². The molecule has 0 aliphatic heterocycles. The van der Waals surface area contributed by atoms with Crippen molar-refractivity contribution in [2.45, 2.75) is 26.8 Å². The predicted octanol–water partition coefficient (Wildman–Crippen LogP) is 2.65. The van der Waals surface area contributed by atoms with E-state index in [1.165, 1.54) is 0 Å². The molecule has 4 nitrogen and oxygen atoms in total. The Kier molecular flexibility index (Phi) is 5.75. The lowest BCUT2D eigenvalue weighted by Gasteiger charge is -2.27. The highest BCUT2D eigenvalue weighted by molar-refractivity contribution is 9.10. The highest BCUT2D eigenvalue weighted by atomic mass is 79.9. The van der Waals surface area contributed by atoms with E-state index in [2.05, 4.69) is 20.9 Å². The number of likely N-dealkylation sites (N-methyl/N-ethyl adjacent to an activating group) is 1. The molecule has 1 rings (SSSR count). The Balaban J connectivity index is 2.96. The van der Waals surface area contributed by atoms with E-state index >= 15 is 0 Å². The molecule has 18 heavy (non-hydrogen) atoms. The van der Waals surface area contributed by atoms with Crippen LogP contribution in [0, 0.1) is 6.92 Å². The molecule has 0 aliphatic carbocycles. The number of aromatic nitrogens is 1. The first-order valence-corrected chi connectivity index (χ1v) is 6.72. The summed E-state index contributed by atoms with van der Waals surface area (Å²) in [6.45, 7) is 7.00. The van der Waals surface area contributed by atoms with Crippen molar-refractivity contribution in [3.05, 3.63) is 28.0 Å². The number of halogens is 1. The van der Waals surface area contributed by atoms with Crippen LogP contribution in [-0.2, 0) is 4.74 Å². The molecule has 0 spiro atoms. The summed E-state index contributed by atoms with van der Waals surface area (Å²) in [6.07, 6.45) is 1.70. The van der Waals surface area contributed by atoms with Gasteiger partial charge in [0.25, 0.3) is 5.91 Å². The number of carbonyl (C=O) groups excluding carboxylic acids is 1. The number of hydrogen-bond donors (Lipinski definition) is 0. The molecule has 0 aliphatic rings. The Hall–Kier alpha value is -0.940. The van der Waals surface area contributed by atoms with Crippen molar-refractivity contribution >= 4 is 21.8 Å². The van der Waals surface area contributed by atoms with Crippen molar-refractivity contribution in [1.29, 1.82) is 0 Å². The third kappa shape index (κ3) is 3.53. The van der Waals surface area contributed by atoms with Gasteiger partial charge in [0.05, 0.1) is 12.6 Å². The lowest BCUT2D eigenvalue weighted by molar-refractivity contribution is 0.0572. The largest absolute Gasteiger partial charge is 0.383 e. The van der Waals surface area contributed by atoms with Crippen LogP contribution >= 0.6 is 15.9 Å². The van der Waals surface area contributed by atoms with Crippen LogP contribution < -0.4 is 0 Å². The Morgan fingerprint density at radius 1 is 1.61 bits per heavy atom. The van der Waals surface area contributed by atoms with Crippen LogP contribution in [0.4, 0.5) is 0 Å². The van der Waals surface area contributed by atoms with Crippen LogP contribution in [0.3, 0.4) is 0 Å². The molecule has 1 amide bonds. The number of carbonyl (C=O) groups is 1. The summed E-state index contributed by atoms with van der Waals surface area (Å²) in [4.78, 5) is 18.4. The van der Waals surface area contributed by atoms with E-state index < -0.39 is 0 Å². The Bertz CT molecular complexity index is 423. The van der Waals surface area contributed by atoms with Gasteiger partial charge < -0.3 is 9.64 Å². The summed E-state index contributed by atoms with van der Waals surface area (Å²) in [5, 5.41) is 0. The molecule has 1 aromatic rings. The maximum absolute atomic E-state index is 12.4. The molecule has 0 aromatic carbocycles. The van der Waals surface area contributed by atoms with E-state index in [0.717, 1.165) is 10.0 Å². The van der Waals surface area contributed by atoms with Crippen molar-refractivity contribution in [3.8, 4) is 0 Å². The van der Waals surface area contributed by atoms with Crippen LogP contribution in [0.2, 0.25) is 0 Å². The van der Waals surface area contributed by atoms with Crippen molar-refractivity contribution in [3.63, 3.8) is 0 Å². The molecule has 1 aromatic heterocycles. The summed E-state index contributed by atoms with van der Waals surface area (Å²) in [6, 6.07) is 1.93. The fourth-order valence-electron chi connectivity index (χ4n) is 1.81. The summed E-state index contributed by atoms with van der Waals surface area (Å²) < 4.78 is 5.83. The van der Waals surface area contributed by atoms with Gasteiger partial charge in [-0.05, 0) is 48.3 Å². The van der Waals surface area contributed by atoms with E-state index in [-0.39, 0.29) is 11.9 Å². The average Bonchev–Trinajstić information content (AvgIpc) is 2.29. The Morgan fingerprint density at radius 2 is 2.28 bits per heavy atom. The second-order valence-electron chi connectivity index (χ2n) is 4.24. The topological polar surface area (TPSA) is 42.4 Å². The molecule has 0 saturated heterocycles. The van der Waals surface area contributed by atoms with Gasteiger partial charge in [0.1, 0.15) is 5.69 Å². The molecule has 0 bridgehead atoms. The number of pyridine rings is 1. The average molecular weight is 315 g/mol. The highest BCUT2D eigenvalue weighted by Gasteiger charge is 2.22. The van der Waals surface area contributed by atoms with Crippen molar-refractivity contribution in [2.75, 3.05) is 20.3 Å². The maximum Gasteiger partial charge on any atom is 0.273 e.